The van der Waals surface area contributed by atoms with Gasteiger partial charge in [0, 0.05) is 18.2 Å². The molecule has 138 valence electrons. The molecule has 1 aliphatic carbocycles. The topological polar surface area (TPSA) is 63.9 Å². The Morgan fingerprint density at radius 3 is 2.69 bits per heavy atom. The maximum Gasteiger partial charge on any atom is 0.246 e. The summed E-state index contributed by atoms with van der Waals surface area (Å²) < 4.78 is 0. The molecule has 4 rings (SSSR count). The van der Waals surface area contributed by atoms with Gasteiger partial charge >= 0.3 is 0 Å². The molecule has 6 nitrogen and oxygen atoms in total. The summed E-state index contributed by atoms with van der Waals surface area (Å²) >= 11 is 0. The minimum Gasteiger partial charge on any atom is -0.338 e. The van der Waals surface area contributed by atoms with E-state index in [9.17, 15) is 4.79 Å². The molecule has 1 aromatic carbocycles. The molecule has 0 N–H and O–H groups in total. The number of aryl methyl sites for hydroxylation is 1. The van der Waals surface area contributed by atoms with Crippen molar-refractivity contribution >= 4 is 5.91 Å². The molecule has 1 aromatic heterocycles. The molecule has 6 heteroatoms. The minimum absolute atomic E-state index is 0.131. The molecule has 0 radical (unpaired) electrons. The van der Waals surface area contributed by atoms with Gasteiger partial charge in [0.1, 0.15) is 6.54 Å². The maximum absolute atomic E-state index is 12.8. The molecule has 2 aliphatic rings. The molecule has 1 saturated carbocycles. The average molecular weight is 353 g/mol. The summed E-state index contributed by atoms with van der Waals surface area (Å²) in [5, 5.41) is 12.7. The first-order valence-electron chi connectivity index (χ1n) is 9.91. The van der Waals surface area contributed by atoms with Crippen LogP contribution in [0.15, 0.2) is 24.3 Å². The largest absolute Gasteiger partial charge is 0.338 e. The first kappa shape index (κ1) is 17.2. The van der Waals surface area contributed by atoms with Crippen molar-refractivity contribution in [1.82, 2.24) is 25.1 Å². The standard InChI is InChI=1S/C20H27N5O/c1-2-15-9-11-17(12-10-15)20-21-23-25(22-20)14-19(26)24-13-5-7-16-6-3-4-8-18(16)24/h9-12,16,18H,2-8,13-14H2,1H3/t16-,18-/m1/s1. The zero-order chi connectivity index (χ0) is 17.9. The van der Waals surface area contributed by atoms with Crippen molar-refractivity contribution in [3.05, 3.63) is 29.8 Å². The van der Waals surface area contributed by atoms with Gasteiger partial charge < -0.3 is 4.90 Å². The number of nitrogens with zero attached hydrogens (tertiary/aromatic N) is 5. The van der Waals surface area contributed by atoms with Crippen LogP contribution in [0.5, 0.6) is 0 Å². The van der Waals surface area contributed by atoms with Crippen LogP contribution in [0.3, 0.4) is 0 Å². The maximum atomic E-state index is 12.8. The summed E-state index contributed by atoms with van der Waals surface area (Å²) in [6.07, 6.45) is 8.37. The summed E-state index contributed by atoms with van der Waals surface area (Å²) in [4.78, 5) is 16.4. The van der Waals surface area contributed by atoms with Crippen LogP contribution < -0.4 is 0 Å². The van der Waals surface area contributed by atoms with Gasteiger partial charge in [-0.3, -0.25) is 4.79 Å². The van der Waals surface area contributed by atoms with Crippen molar-refractivity contribution in [1.29, 1.82) is 0 Å². The van der Waals surface area contributed by atoms with Crippen LogP contribution >= 0.6 is 0 Å². The van der Waals surface area contributed by atoms with E-state index < -0.39 is 0 Å². The van der Waals surface area contributed by atoms with Crippen molar-refractivity contribution in [3.63, 3.8) is 0 Å². The van der Waals surface area contributed by atoms with Gasteiger partial charge in [-0.2, -0.15) is 4.80 Å². The number of likely N-dealkylation sites (tertiary alicyclic amines) is 1. The summed E-state index contributed by atoms with van der Waals surface area (Å²) in [5.41, 5.74) is 2.22. The molecule has 0 unspecified atom stereocenters. The second-order valence-corrected chi connectivity index (χ2v) is 7.54. The van der Waals surface area contributed by atoms with Crippen LogP contribution in [-0.2, 0) is 17.8 Å². The van der Waals surface area contributed by atoms with Crippen molar-refractivity contribution < 1.29 is 4.79 Å². The minimum atomic E-state index is 0.131. The number of amides is 1. The number of rotatable bonds is 4. The Balaban J connectivity index is 1.43. The Kier molecular flexibility index (Phi) is 5.00. The number of aromatic nitrogens is 4. The number of fused-ring (bicyclic) bond motifs is 1. The van der Waals surface area contributed by atoms with Gasteiger partial charge in [0.2, 0.25) is 11.7 Å². The van der Waals surface area contributed by atoms with Crippen LogP contribution in [0.25, 0.3) is 11.4 Å². The van der Waals surface area contributed by atoms with Crippen molar-refractivity contribution in [3.8, 4) is 11.4 Å². The molecular weight excluding hydrogens is 326 g/mol. The Hall–Kier alpha value is -2.24. The summed E-state index contributed by atoms with van der Waals surface area (Å²) in [6.45, 7) is 3.19. The van der Waals surface area contributed by atoms with Gasteiger partial charge in [-0.15, -0.1) is 10.2 Å². The number of hydrogen-bond acceptors (Lipinski definition) is 4. The highest BCUT2D eigenvalue weighted by Gasteiger charge is 2.35. The summed E-state index contributed by atoms with van der Waals surface area (Å²) in [6, 6.07) is 8.61. The number of piperidine rings is 1. The third-order valence-electron chi connectivity index (χ3n) is 5.91. The summed E-state index contributed by atoms with van der Waals surface area (Å²) in [5.74, 6) is 1.40. The molecule has 1 saturated heterocycles. The lowest BCUT2D eigenvalue weighted by molar-refractivity contribution is -0.138. The fourth-order valence-electron chi connectivity index (χ4n) is 4.46. The van der Waals surface area contributed by atoms with Crippen molar-refractivity contribution in [2.45, 2.75) is 64.5 Å². The summed E-state index contributed by atoms with van der Waals surface area (Å²) in [7, 11) is 0. The highest BCUT2D eigenvalue weighted by molar-refractivity contribution is 5.76. The number of tetrazole rings is 1. The van der Waals surface area contributed by atoms with E-state index >= 15 is 0 Å². The Morgan fingerprint density at radius 2 is 1.88 bits per heavy atom. The van der Waals surface area contributed by atoms with Gasteiger partial charge in [-0.25, -0.2) is 0 Å². The zero-order valence-electron chi connectivity index (χ0n) is 15.5. The fraction of sp³-hybridized carbons (Fsp3) is 0.600. The lowest BCUT2D eigenvalue weighted by atomic mass is 9.78. The Labute approximate surface area is 154 Å². The number of hydrogen-bond donors (Lipinski definition) is 0. The second kappa shape index (κ2) is 7.56. The van der Waals surface area contributed by atoms with Crippen LogP contribution in [-0.4, -0.2) is 43.6 Å². The quantitative estimate of drug-likeness (QED) is 0.847. The number of benzene rings is 1. The normalized spacial score (nSPS) is 22.9. The monoisotopic (exact) mass is 353 g/mol. The van der Waals surface area contributed by atoms with Gasteiger partial charge in [0.25, 0.3) is 0 Å². The SMILES string of the molecule is CCc1ccc(-c2nnn(CC(=O)N3CCC[C@H]4CCCC[C@H]43)n2)cc1. The second-order valence-electron chi connectivity index (χ2n) is 7.54. The van der Waals surface area contributed by atoms with Crippen LogP contribution in [0, 0.1) is 5.92 Å². The molecule has 1 aliphatic heterocycles. The smallest absolute Gasteiger partial charge is 0.246 e. The fourth-order valence-corrected chi connectivity index (χ4v) is 4.46. The van der Waals surface area contributed by atoms with E-state index in [0.717, 1.165) is 31.4 Å². The highest BCUT2D eigenvalue weighted by Crippen LogP contribution is 2.35. The van der Waals surface area contributed by atoms with Crippen LogP contribution in [0.2, 0.25) is 0 Å². The molecule has 1 amide bonds. The van der Waals surface area contributed by atoms with Gasteiger partial charge in [-0.1, -0.05) is 44.0 Å². The zero-order valence-corrected chi connectivity index (χ0v) is 15.5. The predicted molar refractivity (Wildman–Crippen MR) is 99.3 cm³/mol. The van der Waals surface area contributed by atoms with Crippen LogP contribution in [0.4, 0.5) is 0 Å². The van der Waals surface area contributed by atoms with E-state index in [1.165, 1.54) is 36.0 Å². The lowest BCUT2D eigenvalue weighted by Crippen LogP contribution is -2.50. The van der Waals surface area contributed by atoms with E-state index in [-0.39, 0.29) is 12.5 Å². The molecule has 2 aromatic rings. The van der Waals surface area contributed by atoms with E-state index in [4.69, 9.17) is 0 Å². The van der Waals surface area contributed by atoms with Crippen LogP contribution in [0.1, 0.15) is 51.0 Å². The number of carbonyl (C=O) groups is 1. The predicted octanol–water partition coefficient (Wildman–Crippen LogP) is 3.08. The third kappa shape index (κ3) is 3.50. The van der Waals surface area contributed by atoms with Gasteiger partial charge in [-0.05, 0) is 48.8 Å². The molecular formula is C20H27N5O. The first-order valence-corrected chi connectivity index (χ1v) is 9.91. The van der Waals surface area contributed by atoms with Gasteiger partial charge in [0.05, 0.1) is 0 Å². The van der Waals surface area contributed by atoms with Crippen molar-refractivity contribution in [2.75, 3.05) is 6.54 Å². The molecule has 2 atom stereocenters. The molecule has 2 fully saturated rings. The Bertz CT molecular complexity index is 752. The van der Waals surface area contributed by atoms with Gasteiger partial charge in [0.15, 0.2) is 0 Å². The molecule has 2 heterocycles. The number of carbonyl (C=O) groups excluding carboxylic acids is 1. The highest BCUT2D eigenvalue weighted by atomic mass is 16.2. The van der Waals surface area contributed by atoms with E-state index in [0.29, 0.717) is 17.8 Å². The van der Waals surface area contributed by atoms with E-state index in [1.54, 1.807) is 0 Å². The molecule has 26 heavy (non-hydrogen) atoms. The van der Waals surface area contributed by atoms with E-state index in [2.05, 4.69) is 39.4 Å². The average Bonchev–Trinajstić information content (AvgIpc) is 3.16. The lowest BCUT2D eigenvalue weighted by Gasteiger charge is -2.44. The Morgan fingerprint density at radius 1 is 1.12 bits per heavy atom. The first-order chi connectivity index (χ1) is 12.7. The van der Waals surface area contributed by atoms with Crippen molar-refractivity contribution in [2.24, 2.45) is 5.92 Å². The van der Waals surface area contributed by atoms with E-state index in [1.807, 2.05) is 12.1 Å². The molecule has 0 bridgehead atoms. The third-order valence-corrected chi connectivity index (χ3v) is 5.91. The molecule has 0 spiro atoms.